The molecule has 0 radical (unpaired) electrons. The predicted octanol–water partition coefficient (Wildman–Crippen LogP) is 2.88. The number of hydroxylamine groups is 2. The van der Waals surface area contributed by atoms with Crippen LogP contribution in [0.1, 0.15) is 31.8 Å². The van der Waals surface area contributed by atoms with Crippen LogP contribution in [-0.2, 0) is 18.0 Å². The Kier molecular flexibility index (Phi) is 6.56. The number of carbonyl (C=O) groups is 2. The Morgan fingerprint density at radius 3 is 2.00 bits per heavy atom. The lowest BCUT2D eigenvalue weighted by atomic mass is 10.0. The highest BCUT2D eigenvalue weighted by Gasteiger charge is 2.10. The Labute approximate surface area is 168 Å². The summed E-state index contributed by atoms with van der Waals surface area (Å²) in [5.41, 5.74) is 6.75. The van der Waals surface area contributed by atoms with Gasteiger partial charge in [0.05, 0.1) is 0 Å². The fourth-order valence-electron chi connectivity index (χ4n) is 3.12. The zero-order chi connectivity index (χ0) is 20.8. The standard InChI is InChI=1S/C22H23N3O4/c1-25(2)13-17-5-3-8-20-18(6-4-7-19(17)20)14-29-24-22(27)16-11-9-15(10-12-16)21(26)23-28/h3-12,28H,13-14H2,1-2H3,(H,23,26)(H,24,27). The molecular weight excluding hydrogens is 370 g/mol. The molecule has 0 saturated carbocycles. The Hall–Kier alpha value is -3.26. The summed E-state index contributed by atoms with van der Waals surface area (Å²) in [4.78, 5) is 31.1. The molecular formula is C22H23N3O4. The normalized spacial score (nSPS) is 10.9. The van der Waals surface area contributed by atoms with Gasteiger partial charge in [-0.3, -0.25) is 19.6 Å². The third kappa shape index (κ3) is 4.97. The molecule has 0 bridgehead atoms. The van der Waals surface area contributed by atoms with Gasteiger partial charge in [-0.25, -0.2) is 11.0 Å². The molecule has 3 aromatic carbocycles. The summed E-state index contributed by atoms with van der Waals surface area (Å²) in [7, 11) is 4.06. The summed E-state index contributed by atoms with van der Waals surface area (Å²) in [5.74, 6) is -1.06. The first-order valence-electron chi connectivity index (χ1n) is 9.10. The number of fused-ring (bicyclic) bond motifs is 1. The number of carbonyl (C=O) groups excluding carboxylic acids is 2. The van der Waals surface area contributed by atoms with Crippen LogP contribution in [0.3, 0.4) is 0 Å². The van der Waals surface area contributed by atoms with Crippen LogP contribution in [0.5, 0.6) is 0 Å². The van der Waals surface area contributed by atoms with E-state index in [1.165, 1.54) is 29.8 Å². The average Bonchev–Trinajstić information content (AvgIpc) is 2.73. The second-order valence-corrected chi connectivity index (χ2v) is 6.91. The molecule has 0 aliphatic rings. The van der Waals surface area contributed by atoms with Crippen LogP contribution in [-0.4, -0.2) is 36.0 Å². The monoisotopic (exact) mass is 393 g/mol. The minimum Gasteiger partial charge on any atom is -0.305 e. The lowest BCUT2D eigenvalue weighted by Crippen LogP contribution is -2.24. The van der Waals surface area contributed by atoms with Crippen molar-refractivity contribution in [3.63, 3.8) is 0 Å². The van der Waals surface area contributed by atoms with Gasteiger partial charge in [0, 0.05) is 17.7 Å². The summed E-state index contributed by atoms with van der Waals surface area (Å²) in [6.07, 6.45) is 0. The van der Waals surface area contributed by atoms with Crippen molar-refractivity contribution in [1.82, 2.24) is 15.9 Å². The molecule has 3 N–H and O–H groups in total. The van der Waals surface area contributed by atoms with Crippen LogP contribution >= 0.6 is 0 Å². The van der Waals surface area contributed by atoms with E-state index < -0.39 is 11.8 Å². The Bertz CT molecular complexity index is 1020. The van der Waals surface area contributed by atoms with Gasteiger partial charge in [0.2, 0.25) is 0 Å². The highest BCUT2D eigenvalue weighted by atomic mass is 16.6. The van der Waals surface area contributed by atoms with Crippen LogP contribution in [0.2, 0.25) is 0 Å². The number of nitrogens with zero attached hydrogens (tertiary/aromatic N) is 1. The van der Waals surface area contributed by atoms with E-state index >= 15 is 0 Å². The Balaban J connectivity index is 1.66. The smallest absolute Gasteiger partial charge is 0.274 e. The Morgan fingerprint density at radius 1 is 0.862 bits per heavy atom. The van der Waals surface area contributed by atoms with Crippen LogP contribution in [0.25, 0.3) is 10.8 Å². The topological polar surface area (TPSA) is 90.9 Å². The second-order valence-electron chi connectivity index (χ2n) is 6.91. The van der Waals surface area contributed by atoms with Gasteiger partial charge >= 0.3 is 0 Å². The van der Waals surface area contributed by atoms with Gasteiger partial charge in [0.1, 0.15) is 6.61 Å². The number of hydrogen-bond donors (Lipinski definition) is 3. The van der Waals surface area contributed by atoms with Crippen molar-refractivity contribution in [3.05, 3.63) is 82.9 Å². The predicted molar refractivity (Wildman–Crippen MR) is 109 cm³/mol. The molecule has 29 heavy (non-hydrogen) atoms. The van der Waals surface area contributed by atoms with Crippen LogP contribution in [0, 0.1) is 0 Å². The van der Waals surface area contributed by atoms with Gasteiger partial charge in [-0.15, -0.1) is 0 Å². The maximum absolute atomic E-state index is 12.2. The average molecular weight is 393 g/mol. The maximum atomic E-state index is 12.2. The van der Waals surface area contributed by atoms with Crippen molar-refractivity contribution < 1.29 is 19.6 Å². The van der Waals surface area contributed by atoms with Crippen molar-refractivity contribution in [1.29, 1.82) is 0 Å². The molecule has 7 nitrogen and oxygen atoms in total. The molecule has 0 fully saturated rings. The molecule has 3 aromatic rings. The summed E-state index contributed by atoms with van der Waals surface area (Å²) >= 11 is 0. The van der Waals surface area contributed by atoms with Crippen molar-refractivity contribution >= 4 is 22.6 Å². The molecule has 0 unspecified atom stereocenters. The first-order valence-corrected chi connectivity index (χ1v) is 9.10. The Morgan fingerprint density at radius 2 is 1.41 bits per heavy atom. The second kappa shape index (κ2) is 9.29. The molecule has 0 heterocycles. The van der Waals surface area contributed by atoms with Gasteiger partial charge < -0.3 is 4.90 Å². The number of amides is 2. The van der Waals surface area contributed by atoms with Crippen LogP contribution in [0.4, 0.5) is 0 Å². The molecule has 0 aliphatic carbocycles. The van der Waals surface area contributed by atoms with Crippen molar-refractivity contribution in [2.75, 3.05) is 14.1 Å². The third-order valence-electron chi connectivity index (χ3n) is 4.49. The highest BCUT2D eigenvalue weighted by Crippen LogP contribution is 2.23. The molecule has 150 valence electrons. The van der Waals surface area contributed by atoms with E-state index in [0.717, 1.165) is 22.9 Å². The van der Waals surface area contributed by atoms with Crippen molar-refractivity contribution in [2.45, 2.75) is 13.2 Å². The lowest BCUT2D eigenvalue weighted by molar-refractivity contribution is 0.0237. The van der Waals surface area contributed by atoms with E-state index in [4.69, 9.17) is 10.0 Å². The van der Waals surface area contributed by atoms with E-state index in [0.29, 0.717) is 5.56 Å². The molecule has 0 aliphatic heterocycles. The zero-order valence-corrected chi connectivity index (χ0v) is 16.3. The molecule has 0 aromatic heterocycles. The van der Waals surface area contributed by atoms with Gasteiger partial charge in [-0.1, -0.05) is 36.4 Å². The number of nitrogens with one attached hydrogen (secondary N) is 2. The fraction of sp³-hybridized carbons (Fsp3) is 0.182. The van der Waals surface area contributed by atoms with E-state index in [-0.39, 0.29) is 12.2 Å². The van der Waals surface area contributed by atoms with Gasteiger partial charge in [0.25, 0.3) is 11.8 Å². The van der Waals surface area contributed by atoms with Crippen LogP contribution < -0.4 is 11.0 Å². The lowest BCUT2D eigenvalue weighted by Gasteiger charge is -2.14. The summed E-state index contributed by atoms with van der Waals surface area (Å²) in [6.45, 7) is 1.06. The summed E-state index contributed by atoms with van der Waals surface area (Å²) in [5, 5.41) is 10.9. The zero-order valence-electron chi connectivity index (χ0n) is 16.3. The molecule has 0 atom stereocenters. The molecule has 2 amide bonds. The van der Waals surface area contributed by atoms with Crippen molar-refractivity contribution in [2.24, 2.45) is 0 Å². The SMILES string of the molecule is CN(C)Cc1cccc2c(CONC(=O)c3ccc(C(=O)NO)cc3)cccc12. The molecule has 0 saturated heterocycles. The molecule has 3 rings (SSSR count). The first kappa shape index (κ1) is 20.5. The number of hydrogen-bond acceptors (Lipinski definition) is 5. The summed E-state index contributed by atoms with van der Waals surface area (Å²) in [6, 6.07) is 18.0. The maximum Gasteiger partial charge on any atom is 0.274 e. The van der Waals surface area contributed by atoms with Gasteiger partial charge in [-0.05, 0) is 60.3 Å². The quantitative estimate of drug-likeness (QED) is 0.424. The summed E-state index contributed by atoms with van der Waals surface area (Å²) < 4.78 is 0. The number of rotatable bonds is 7. The van der Waals surface area contributed by atoms with Gasteiger partial charge in [0.15, 0.2) is 0 Å². The molecule has 7 heteroatoms. The van der Waals surface area contributed by atoms with E-state index in [2.05, 4.69) is 22.5 Å². The van der Waals surface area contributed by atoms with Crippen molar-refractivity contribution in [3.8, 4) is 0 Å². The first-order chi connectivity index (χ1) is 14.0. The van der Waals surface area contributed by atoms with Crippen LogP contribution in [0.15, 0.2) is 60.7 Å². The van der Waals surface area contributed by atoms with E-state index in [1.807, 2.05) is 38.4 Å². The van der Waals surface area contributed by atoms with E-state index in [9.17, 15) is 9.59 Å². The minimum absolute atomic E-state index is 0.222. The highest BCUT2D eigenvalue weighted by molar-refractivity contribution is 5.97. The van der Waals surface area contributed by atoms with Gasteiger partial charge in [-0.2, -0.15) is 0 Å². The third-order valence-corrected chi connectivity index (χ3v) is 4.49. The minimum atomic E-state index is -0.641. The largest absolute Gasteiger partial charge is 0.305 e. The number of benzene rings is 3. The van der Waals surface area contributed by atoms with E-state index in [1.54, 1.807) is 5.48 Å². The molecule has 0 spiro atoms. The fourth-order valence-corrected chi connectivity index (χ4v) is 3.12.